The highest BCUT2D eigenvalue weighted by atomic mass is 35.5. The van der Waals surface area contributed by atoms with E-state index in [1.54, 1.807) is 6.20 Å². The summed E-state index contributed by atoms with van der Waals surface area (Å²) in [5.74, 6) is 0. The first-order valence-electron chi connectivity index (χ1n) is 4.35. The van der Waals surface area contributed by atoms with E-state index >= 15 is 0 Å². The lowest BCUT2D eigenvalue weighted by Gasteiger charge is -1.99. The molecule has 3 rings (SSSR count). The summed E-state index contributed by atoms with van der Waals surface area (Å²) < 4.78 is 0.998. The first-order chi connectivity index (χ1) is 7.25. The molecule has 0 radical (unpaired) electrons. The number of pyridine rings is 1. The molecule has 2 N–H and O–H groups in total. The van der Waals surface area contributed by atoms with Crippen molar-refractivity contribution in [3.8, 4) is 0 Å². The van der Waals surface area contributed by atoms with Crippen molar-refractivity contribution in [1.82, 2.24) is 9.97 Å². The third kappa shape index (κ3) is 1.26. The number of hydrogen-bond acceptors (Lipinski definition) is 4. The predicted molar refractivity (Wildman–Crippen MR) is 64.3 cm³/mol. The van der Waals surface area contributed by atoms with Gasteiger partial charge >= 0.3 is 0 Å². The van der Waals surface area contributed by atoms with Crippen molar-refractivity contribution < 1.29 is 0 Å². The van der Waals surface area contributed by atoms with E-state index in [2.05, 4.69) is 9.97 Å². The normalized spacial score (nSPS) is 11.3. The van der Waals surface area contributed by atoms with Crippen LogP contribution in [0.25, 0.3) is 21.1 Å². The maximum absolute atomic E-state index is 6.12. The monoisotopic (exact) mass is 235 g/mol. The molecule has 0 saturated carbocycles. The van der Waals surface area contributed by atoms with E-state index in [0.717, 1.165) is 21.1 Å². The van der Waals surface area contributed by atoms with Crippen LogP contribution in [0, 0.1) is 0 Å². The molecule has 0 atom stereocenters. The Labute approximate surface area is 94.5 Å². The van der Waals surface area contributed by atoms with Gasteiger partial charge in [-0.25, -0.2) is 4.98 Å². The second kappa shape index (κ2) is 3.05. The first-order valence-corrected chi connectivity index (χ1v) is 5.54. The number of nitrogen functional groups attached to an aromatic ring is 1. The summed E-state index contributed by atoms with van der Waals surface area (Å²) in [6.45, 7) is 0. The molecule has 2 heterocycles. The smallest absolute Gasteiger partial charge is 0.181 e. The lowest BCUT2D eigenvalue weighted by atomic mass is 10.2. The Morgan fingerprint density at radius 2 is 2.20 bits per heavy atom. The summed E-state index contributed by atoms with van der Waals surface area (Å²) in [6, 6.07) is 5.68. The zero-order valence-corrected chi connectivity index (χ0v) is 9.14. The largest absolute Gasteiger partial charge is 0.375 e. The highest BCUT2D eigenvalue weighted by molar-refractivity contribution is 7.22. The molecule has 0 bridgehead atoms. The Morgan fingerprint density at radius 3 is 3.07 bits per heavy atom. The molecule has 0 unspecified atom stereocenters. The maximum Gasteiger partial charge on any atom is 0.181 e. The highest BCUT2D eigenvalue weighted by Gasteiger charge is 2.09. The van der Waals surface area contributed by atoms with Crippen molar-refractivity contribution in [1.29, 1.82) is 0 Å². The number of halogens is 1. The van der Waals surface area contributed by atoms with Gasteiger partial charge in [0.2, 0.25) is 0 Å². The Kier molecular flexibility index (Phi) is 1.81. The summed E-state index contributed by atoms with van der Waals surface area (Å²) >= 11 is 7.56. The minimum atomic E-state index is 0.553. The molecular formula is C10H6ClN3S. The van der Waals surface area contributed by atoms with Gasteiger partial charge in [0.05, 0.1) is 20.8 Å². The Bertz CT molecular complexity index is 662. The number of hydrogen-bond donors (Lipinski definition) is 1. The van der Waals surface area contributed by atoms with E-state index in [0.29, 0.717) is 10.2 Å². The van der Waals surface area contributed by atoms with Gasteiger partial charge < -0.3 is 5.73 Å². The third-order valence-electron chi connectivity index (χ3n) is 2.22. The number of nitrogens with two attached hydrogens (primary N) is 1. The molecule has 74 valence electrons. The molecule has 0 saturated heterocycles. The lowest BCUT2D eigenvalue weighted by molar-refractivity contribution is 1.41. The fraction of sp³-hybridized carbons (Fsp3) is 0. The van der Waals surface area contributed by atoms with E-state index < -0.39 is 0 Å². The van der Waals surface area contributed by atoms with Crippen LogP contribution in [0.4, 0.5) is 5.13 Å². The van der Waals surface area contributed by atoms with Gasteiger partial charge in [-0.2, -0.15) is 0 Å². The predicted octanol–water partition coefficient (Wildman–Crippen LogP) is 3.08. The second-order valence-corrected chi connectivity index (χ2v) is 4.63. The molecule has 0 aliphatic heterocycles. The van der Waals surface area contributed by atoms with Crippen LogP contribution in [-0.2, 0) is 0 Å². The molecule has 0 aliphatic carbocycles. The SMILES string of the molecule is Nc1nc2c(cc(Cl)c3ncccc32)s1. The number of thiazole rings is 1. The van der Waals surface area contributed by atoms with Crippen LogP contribution in [-0.4, -0.2) is 9.97 Å². The van der Waals surface area contributed by atoms with Crippen molar-refractivity contribution in [2.45, 2.75) is 0 Å². The Morgan fingerprint density at radius 1 is 1.33 bits per heavy atom. The molecule has 3 aromatic rings. The van der Waals surface area contributed by atoms with E-state index in [4.69, 9.17) is 17.3 Å². The molecule has 0 aliphatic rings. The van der Waals surface area contributed by atoms with Crippen LogP contribution in [0.2, 0.25) is 5.02 Å². The fourth-order valence-corrected chi connectivity index (χ4v) is 2.73. The van der Waals surface area contributed by atoms with Crippen molar-refractivity contribution >= 4 is 49.2 Å². The van der Waals surface area contributed by atoms with Crippen LogP contribution in [0.1, 0.15) is 0 Å². The van der Waals surface area contributed by atoms with Gasteiger partial charge in [-0.15, -0.1) is 0 Å². The van der Waals surface area contributed by atoms with E-state index in [1.165, 1.54) is 11.3 Å². The Hall–Kier alpha value is -1.39. The average molecular weight is 236 g/mol. The number of anilines is 1. The van der Waals surface area contributed by atoms with Crippen molar-refractivity contribution in [2.75, 3.05) is 5.73 Å². The van der Waals surface area contributed by atoms with Crippen LogP contribution < -0.4 is 5.73 Å². The van der Waals surface area contributed by atoms with E-state index in [1.807, 2.05) is 18.2 Å². The molecule has 0 fully saturated rings. The maximum atomic E-state index is 6.12. The minimum Gasteiger partial charge on any atom is -0.375 e. The fourth-order valence-electron chi connectivity index (χ4n) is 1.61. The van der Waals surface area contributed by atoms with Gasteiger partial charge in [0, 0.05) is 11.6 Å². The van der Waals surface area contributed by atoms with E-state index in [9.17, 15) is 0 Å². The first kappa shape index (κ1) is 8.88. The molecule has 1 aromatic carbocycles. The van der Waals surface area contributed by atoms with Gasteiger partial charge in [-0.05, 0) is 18.2 Å². The second-order valence-electron chi connectivity index (χ2n) is 3.16. The molecular weight excluding hydrogens is 230 g/mol. The van der Waals surface area contributed by atoms with Crippen LogP contribution in [0.15, 0.2) is 24.4 Å². The average Bonchev–Trinajstić information content (AvgIpc) is 2.59. The Balaban J connectivity index is 2.62. The summed E-state index contributed by atoms with van der Waals surface area (Å²) in [5.41, 5.74) is 7.33. The molecule has 3 nitrogen and oxygen atoms in total. The van der Waals surface area contributed by atoms with Gasteiger partial charge in [0.15, 0.2) is 5.13 Å². The molecule has 0 amide bonds. The molecule has 15 heavy (non-hydrogen) atoms. The highest BCUT2D eigenvalue weighted by Crippen LogP contribution is 2.33. The number of nitrogens with zero attached hydrogens (tertiary/aromatic N) is 2. The number of rotatable bonds is 0. The van der Waals surface area contributed by atoms with Crippen LogP contribution in [0.3, 0.4) is 0 Å². The van der Waals surface area contributed by atoms with Gasteiger partial charge in [0.25, 0.3) is 0 Å². The summed E-state index contributed by atoms with van der Waals surface area (Å²) in [6.07, 6.45) is 1.72. The summed E-state index contributed by atoms with van der Waals surface area (Å²) in [5, 5.41) is 2.15. The number of aromatic nitrogens is 2. The van der Waals surface area contributed by atoms with Gasteiger partial charge in [-0.3, -0.25) is 4.98 Å². The van der Waals surface area contributed by atoms with Crippen molar-refractivity contribution in [2.24, 2.45) is 0 Å². The zero-order chi connectivity index (χ0) is 10.4. The number of benzene rings is 1. The quantitative estimate of drug-likeness (QED) is 0.652. The zero-order valence-electron chi connectivity index (χ0n) is 7.57. The number of fused-ring (bicyclic) bond motifs is 3. The standard InChI is InChI=1S/C10H6ClN3S/c11-6-4-7-9(14-10(12)15-7)5-2-1-3-13-8(5)6/h1-4H,(H2,12,14). The summed E-state index contributed by atoms with van der Waals surface area (Å²) in [7, 11) is 0. The van der Waals surface area contributed by atoms with Crippen LogP contribution >= 0.6 is 22.9 Å². The van der Waals surface area contributed by atoms with E-state index in [-0.39, 0.29) is 0 Å². The topological polar surface area (TPSA) is 51.8 Å². The lowest BCUT2D eigenvalue weighted by Crippen LogP contribution is -1.82. The van der Waals surface area contributed by atoms with Crippen LogP contribution in [0.5, 0.6) is 0 Å². The third-order valence-corrected chi connectivity index (χ3v) is 3.34. The molecule has 0 spiro atoms. The van der Waals surface area contributed by atoms with Crippen molar-refractivity contribution in [3.63, 3.8) is 0 Å². The van der Waals surface area contributed by atoms with Crippen molar-refractivity contribution in [3.05, 3.63) is 29.4 Å². The minimum absolute atomic E-state index is 0.553. The van der Waals surface area contributed by atoms with Gasteiger partial charge in [0.1, 0.15) is 0 Å². The molecule has 2 aromatic heterocycles. The van der Waals surface area contributed by atoms with Gasteiger partial charge in [-0.1, -0.05) is 22.9 Å². The molecule has 5 heteroatoms. The summed E-state index contributed by atoms with van der Waals surface area (Å²) in [4.78, 5) is 8.51.